The van der Waals surface area contributed by atoms with Crippen molar-refractivity contribution in [3.63, 3.8) is 0 Å². The highest BCUT2D eigenvalue weighted by Gasteiger charge is 2.30. The average Bonchev–Trinajstić information content (AvgIpc) is 2.61. The maximum atomic E-state index is 12.6. The number of piperazine rings is 1. The highest BCUT2D eigenvalue weighted by Crippen LogP contribution is 2.20. The zero-order chi connectivity index (χ0) is 18.0. The van der Waals surface area contributed by atoms with Crippen LogP contribution in [0.15, 0.2) is 47.5 Å². The van der Waals surface area contributed by atoms with Crippen LogP contribution in [0.25, 0.3) is 0 Å². The van der Waals surface area contributed by atoms with E-state index in [0.717, 1.165) is 0 Å². The molecule has 1 saturated heterocycles. The van der Waals surface area contributed by atoms with Gasteiger partial charge in [-0.3, -0.25) is 9.78 Å². The van der Waals surface area contributed by atoms with Crippen LogP contribution in [0.5, 0.6) is 0 Å². The van der Waals surface area contributed by atoms with Gasteiger partial charge in [0, 0.05) is 42.4 Å². The van der Waals surface area contributed by atoms with Crippen molar-refractivity contribution in [3.05, 3.63) is 58.3 Å². The van der Waals surface area contributed by atoms with E-state index in [1.165, 1.54) is 28.7 Å². The normalized spacial score (nSPS) is 16.0. The first-order valence-corrected chi connectivity index (χ1v) is 9.74. The number of rotatable bonds is 3. The quantitative estimate of drug-likeness (QED) is 0.794. The van der Waals surface area contributed by atoms with E-state index in [9.17, 15) is 13.2 Å². The van der Waals surface area contributed by atoms with E-state index in [-0.39, 0.29) is 29.6 Å². The standard InChI is InChI=1S/C16H15Cl2N3O3S/c17-12-1-3-14(4-2-12)25(23,24)21-9-7-20(8-10-21)16(22)15-11-13(18)5-6-19-15/h1-6,11H,7-10H2. The fraction of sp³-hybridized carbons (Fsp3) is 0.250. The van der Waals surface area contributed by atoms with Crippen LogP contribution in [-0.4, -0.2) is 54.7 Å². The number of pyridine rings is 1. The Morgan fingerprint density at radius 3 is 2.20 bits per heavy atom. The second kappa shape index (κ2) is 7.29. The van der Waals surface area contributed by atoms with E-state index in [4.69, 9.17) is 23.2 Å². The summed E-state index contributed by atoms with van der Waals surface area (Å²) < 4.78 is 26.6. The minimum Gasteiger partial charge on any atom is -0.335 e. The number of benzene rings is 1. The lowest BCUT2D eigenvalue weighted by Gasteiger charge is -2.33. The molecule has 1 amide bonds. The van der Waals surface area contributed by atoms with Crippen molar-refractivity contribution in [3.8, 4) is 0 Å². The molecule has 2 heterocycles. The van der Waals surface area contributed by atoms with E-state index < -0.39 is 10.0 Å². The van der Waals surface area contributed by atoms with Crippen LogP contribution < -0.4 is 0 Å². The maximum Gasteiger partial charge on any atom is 0.272 e. The summed E-state index contributed by atoms with van der Waals surface area (Å²) in [5.74, 6) is -0.258. The number of hydrogen-bond donors (Lipinski definition) is 0. The lowest BCUT2D eigenvalue weighted by Crippen LogP contribution is -2.50. The van der Waals surface area contributed by atoms with Crippen LogP contribution in [0.4, 0.5) is 0 Å². The van der Waals surface area contributed by atoms with Gasteiger partial charge in [0.25, 0.3) is 5.91 Å². The fourth-order valence-corrected chi connectivity index (χ4v) is 4.28. The smallest absolute Gasteiger partial charge is 0.272 e. The van der Waals surface area contributed by atoms with Gasteiger partial charge >= 0.3 is 0 Å². The number of hydrogen-bond acceptors (Lipinski definition) is 4. The Labute approximate surface area is 156 Å². The molecule has 0 unspecified atom stereocenters. The number of nitrogens with zero attached hydrogens (tertiary/aromatic N) is 3. The number of amides is 1. The zero-order valence-electron chi connectivity index (χ0n) is 13.1. The third-order valence-corrected chi connectivity index (χ3v) is 6.32. The summed E-state index contributed by atoms with van der Waals surface area (Å²) in [5.41, 5.74) is 0.251. The van der Waals surface area contributed by atoms with Crippen LogP contribution in [-0.2, 0) is 10.0 Å². The van der Waals surface area contributed by atoms with Crippen molar-refractivity contribution in [2.75, 3.05) is 26.2 Å². The molecule has 1 aliphatic rings. The Balaban J connectivity index is 1.69. The van der Waals surface area contributed by atoms with E-state index in [2.05, 4.69) is 4.98 Å². The largest absolute Gasteiger partial charge is 0.335 e. The minimum absolute atomic E-state index is 0.188. The number of halogens is 2. The summed E-state index contributed by atoms with van der Waals surface area (Å²) in [4.78, 5) is 18.2. The molecule has 9 heteroatoms. The number of carbonyl (C=O) groups excluding carboxylic acids is 1. The monoisotopic (exact) mass is 399 g/mol. The van der Waals surface area contributed by atoms with Gasteiger partial charge in [-0.2, -0.15) is 4.31 Å². The van der Waals surface area contributed by atoms with E-state index in [1.807, 2.05) is 0 Å². The molecule has 0 atom stereocenters. The molecular formula is C16H15Cl2N3O3S. The summed E-state index contributed by atoms with van der Waals surface area (Å²) in [7, 11) is -3.60. The summed E-state index contributed by atoms with van der Waals surface area (Å²) >= 11 is 11.7. The molecule has 1 aliphatic heterocycles. The van der Waals surface area contributed by atoms with Gasteiger partial charge in [-0.05, 0) is 36.4 Å². The molecule has 3 rings (SSSR count). The molecule has 0 N–H and O–H groups in total. The van der Waals surface area contributed by atoms with Gasteiger partial charge in [-0.25, -0.2) is 8.42 Å². The summed E-state index contributed by atoms with van der Waals surface area (Å²) in [6, 6.07) is 9.13. The number of sulfonamides is 1. The third kappa shape index (κ3) is 3.95. The van der Waals surface area contributed by atoms with Gasteiger partial charge in [-0.1, -0.05) is 23.2 Å². The van der Waals surface area contributed by atoms with E-state index in [0.29, 0.717) is 23.1 Å². The van der Waals surface area contributed by atoms with Gasteiger partial charge in [0.15, 0.2) is 0 Å². The Morgan fingerprint density at radius 1 is 0.960 bits per heavy atom. The highest BCUT2D eigenvalue weighted by atomic mass is 35.5. The molecule has 132 valence electrons. The molecule has 0 aliphatic carbocycles. The molecule has 0 spiro atoms. The zero-order valence-corrected chi connectivity index (χ0v) is 15.4. The van der Waals surface area contributed by atoms with Crippen LogP contribution in [0.2, 0.25) is 10.0 Å². The van der Waals surface area contributed by atoms with Gasteiger partial charge in [-0.15, -0.1) is 0 Å². The van der Waals surface area contributed by atoms with Crippen LogP contribution in [0.3, 0.4) is 0 Å². The van der Waals surface area contributed by atoms with Crippen molar-refractivity contribution >= 4 is 39.1 Å². The summed E-state index contributed by atoms with van der Waals surface area (Å²) in [6.07, 6.45) is 1.47. The van der Waals surface area contributed by atoms with Crippen molar-refractivity contribution in [1.29, 1.82) is 0 Å². The molecule has 2 aromatic rings. The predicted octanol–water partition coefficient (Wildman–Crippen LogP) is 2.54. The first-order valence-electron chi connectivity index (χ1n) is 7.54. The van der Waals surface area contributed by atoms with E-state index in [1.54, 1.807) is 23.1 Å². The summed E-state index contributed by atoms with van der Waals surface area (Å²) in [5, 5.41) is 0.908. The Morgan fingerprint density at radius 2 is 1.60 bits per heavy atom. The van der Waals surface area contributed by atoms with Gasteiger partial charge in [0.2, 0.25) is 10.0 Å². The average molecular weight is 400 g/mol. The molecular weight excluding hydrogens is 385 g/mol. The van der Waals surface area contributed by atoms with E-state index >= 15 is 0 Å². The maximum absolute atomic E-state index is 12.6. The number of aromatic nitrogens is 1. The molecule has 1 aromatic heterocycles. The van der Waals surface area contributed by atoms with Crippen molar-refractivity contribution in [2.24, 2.45) is 0 Å². The topological polar surface area (TPSA) is 70.6 Å². The second-order valence-electron chi connectivity index (χ2n) is 5.51. The lowest BCUT2D eigenvalue weighted by atomic mass is 10.3. The van der Waals surface area contributed by atoms with Gasteiger partial charge < -0.3 is 4.90 Å². The minimum atomic E-state index is -3.60. The van der Waals surface area contributed by atoms with Crippen LogP contribution >= 0.6 is 23.2 Å². The molecule has 1 fully saturated rings. The summed E-state index contributed by atoms with van der Waals surface area (Å²) in [6.45, 7) is 1.02. The predicted molar refractivity (Wildman–Crippen MR) is 95.4 cm³/mol. The van der Waals surface area contributed by atoms with Crippen molar-refractivity contribution in [1.82, 2.24) is 14.2 Å². The Bertz CT molecular complexity index is 880. The molecule has 1 aromatic carbocycles. The van der Waals surface area contributed by atoms with Crippen molar-refractivity contribution < 1.29 is 13.2 Å². The van der Waals surface area contributed by atoms with Crippen LogP contribution in [0, 0.1) is 0 Å². The lowest BCUT2D eigenvalue weighted by molar-refractivity contribution is 0.0692. The first kappa shape index (κ1) is 18.1. The molecule has 6 nitrogen and oxygen atoms in total. The first-order chi connectivity index (χ1) is 11.9. The van der Waals surface area contributed by atoms with Gasteiger partial charge in [0.1, 0.15) is 5.69 Å². The fourth-order valence-electron chi connectivity index (χ4n) is 2.57. The molecule has 25 heavy (non-hydrogen) atoms. The third-order valence-electron chi connectivity index (χ3n) is 3.92. The molecule has 0 radical (unpaired) electrons. The van der Waals surface area contributed by atoms with Gasteiger partial charge in [0.05, 0.1) is 4.90 Å². The van der Waals surface area contributed by atoms with Crippen LogP contribution in [0.1, 0.15) is 10.5 Å². The Hall–Kier alpha value is -1.67. The molecule has 0 saturated carbocycles. The Kier molecular flexibility index (Phi) is 5.29. The molecule has 0 bridgehead atoms. The second-order valence-corrected chi connectivity index (χ2v) is 8.32. The highest BCUT2D eigenvalue weighted by molar-refractivity contribution is 7.89. The van der Waals surface area contributed by atoms with Crippen molar-refractivity contribution in [2.45, 2.75) is 4.90 Å². The SMILES string of the molecule is O=C(c1cc(Cl)ccn1)N1CCN(S(=O)(=O)c2ccc(Cl)cc2)CC1. The number of carbonyl (C=O) groups is 1.